The van der Waals surface area contributed by atoms with Crippen LogP contribution in [0.3, 0.4) is 0 Å². The van der Waals surface area contributed by atoms with Gasteiger partial charge in [0.2, 0.25) is 0 Å². The standard InChI is InChI=1S/C16H21NO2/c18-16(19)11-13-6-3-4-10-17(13)15-9-8-12-5-1-2-7-14(12)15/h1-2,5,7,13,15H,3-4,6,8-11H2,(H,18,19). The average molecular weight is 259 g/mol. The molecule has 1 N–H and O–H groups in total. The summed E-state index contributed by atoms with van der Waals surface area (Å²) in [5.41, 5.74) is 2.88. The summed E-state index contributed by atoms with van der Waals surface area (Å²) >= 11 is 0. The van der Waals surface area contributed by atoms with E-state index in [1.807, 2.05) is 0 Å². The van der Waals surface area contributed by atoms with Gasteiger partial charge in [0.15, 0.2) is 0 Å². The number of likely N-dealkylation sites (tertiary alicyclic amines) is 1. The molecule has 0 saturated carbocycles. The monoisotopic (exact) mass is 259 g/mol. The minimum absolute atomic E-state index is 0.224. The molecule has 0 radical (unpaired) electrons. The minimum atomic E-state index is -0.664. The number of aryl methyl sites for hydroxylation is 1. The molecule has 0 amide bonds. The molecule has 1 aromatic rings. The molecule has 0 aromatic heterocycles. The van der Waals surface area contributed by atoms with Crippen molar-refractivity contribution >= 4 is 5.97 Å². The highest BCUT2D eigenvalue weighted by Crippen LogP contribution is 2.39. The molecule has 2 atom stereocenters. The Labute approximate surface area is 114 Å². The van der Waals surface area contributed by atoms with Gasteiger partial charge in [0.05, 0.1) is 6.42 Å². The quantitative estimate of drug-likeness (QED) is 0.907. The lowest BCUT2D eigenvalue weighted by molar-refractivity contribution is -0.139. The van der Waals surface area contributed by atoms with E-state index in [0.717, 1.165) is 25.8 Å². The number of benzene rings is 1. The molecular weight excluding hydrogens is 238 g/mol. The van der Waals surface area contributed by atoms with Gasteiger partial charge in [-0.2, -0.15) is 0 Å². The van der Waals surface area contributed by atoms with Gasteiger partial charge in [0.1, 0.15) is 0 Å². The van der Waals surface area contributed by atoms with Crippen LogP contribution in [-0.2, 0) is 11.2 Å². The first-order valence-electron chi connectivity index (χ1n) is 7.31. The lowest BCUT2D eigenvalue weighted by Crippen LogP contribution is -2.42. The Bertz CT molecular complexity index is 472. The maximum Gasteiger partial charge on any atom is 0.304 e. The molecule has 2 aliphatic rings. The molecule has 3 nitrogen and oxygen atoms in total. The molecule has 1 aliphatic heterocycles. The third kappa shape index (κ3) is 2.52. The fraction of sp³-hybridized carbons (Fsp3) is 0.562. The Balaban J connectivity index is 1.82. The summed E-state index contributed by atoms with van der Waals surface area (Å²) in [4.78, 5) is 13.5. The number of hydrogen-bond donors (Lipinski definition) is 1. The van der Waals surface area contributed by atoms with Crippen LogP contribution < -0.4 is 0 Å². The zero-order valence-corrected chi connectivity index (χ0v) is 11.2. The molecule has 1 fully saturated rings. The Morgan fingerprint density at radius 2 is 2.11 bits per heavy atom. The molecule has 2 unspecified atom stereocenters. The highest BCUT2D eigenvalue weighted by atomic mass is 16.4. The van der Waals surface area contributed by atoms with Crippen LogP contribution in [0.15, 0.2) is 24.3 Å². The van der Waals surface area contributed by atoms with Crippen molar-refractivity contribution in [3.05, 3.63) is 35.4 Å². The zero-order valence-electron chi connectivity index (χ0n) is 11.2. The summed E-state index contributed by atoms with van der Waals surface area (Å²) in [5.74, 6) is -0.664. The second-order valence-corrected chi connectivity index (χ2v) is 5.74. The highest BCUT2D eigenvalue weighted by Gasteiger charge is 2.34. The maximum absolute atomic E-state index is 11.0. The topological polar surface area (TPSA) is 40.5 Å². The van der Waals surface area contributed by atoms with Crippen molar-refractivity contribution in [3.8, 4) is 0 Å². The number of carbonyl (C=O) groups is 1. The lowest BCUT2D eigenvalue weighted by Gasteiger charge is -2.39. The van der Waals surface area contributed by atoms with Crippen LogP contribution in [0.25, 0.3) is 0 Å². The molecule has 3 rings (SSSR count). The van der Waals surface area contributed by atoms with E-state index in [1.54, 1.807) is 0 Å². The van der Waals surface area contributed by atoms with Crippen LogP contribution in [0.2, 0.25) is 0 Å². The third-order valence-corrected chi connectivity index (χ3v) is 4.58. The first-order valence-corrected chi connectivity index (χ1v) is 7.31. The number of nitrogens with zero attached hydrogens (tertiary/aromatic N) is 1. The second-order valence-electron chi connectivity index (χ2n) is 5.74. The van der Waals surface area contributed by atoms with Crippen molar-refractivity contribution in [1.82, 2.24) is 4.90 Å². The summed E-state index contributed by atoms with van der Waals surface area (Å²) in [6, 6.07) is 9.31. The molecule has 0 spiro atoms. The zero-order chi connectivity index (χ0) is 13.2. The van der Waals surface area contributed by atoms with Gasteiger partial charge in [-0.25, -0.2) is 0 Å². The number of rotatable bonds is 3. The summed E-state index contributed by atoms with van der Waals surface area (Å²) in [6.07, 6.45) is 5.98. The molecule has 3 heteroatoms. The maximum atomic E-state index is 11.0. The normalized spacial score (nSPS) is 27.2. The van der Waals surface area contributed by atoms with Gasteiger partial charge in [-0.05, 0) is 43.4 Å². The van der Waals surface area contributed by atoms with Gasteiger partial charge in [-0.15, -0.1) is 0 Å². The van der Waals surface area contributed by atoms with Crippen LogP contribution in [0.4, 0.5) is 0 Å². The van der Waals surface area contributed by atoms with Crippen molar-refractivity contribution in [3.63, 3.8) is 0 Å². The van der Waals surface area contributed by atoms with E-state index in [1.165, 1.54) is 24.0 Å². The first-order chi connectivity index (χ1) is 9.25. The Hall–Kier alpha value is -1.35. The van der Waals surface area contributed by atoms with E-state index in [4.69, 9.17) is 5.11 Å². The van der Waals surface area contributed by atoms with E-state index in [0.29, 0.717) is 12.5 Å². The molecule has 1 saturated heterocycles. The Morgan fingerprint density at radius 3 is 2.95 bits per heavy atom. The molecule has 0 bridgehead atoms. The molecule has 1 heterocycles. The number of carboxylic acid groups (broad SMARTS) is 1. The summed E-state index contributed by atoms with van der Waals surface area (Å²) in [6.45, 7) is 1.05. The van der Waals surface area contributed by atoms with E-state index in [9.17, 15) is 4.79 Å². The van der Waals surface area contributed by atoms with Crippen LogP contribution >= 0.6 is 0 Å². The lowest BCUT2D eigenvalue weighted by atomic mass is 9.95. The summed E-state index contributed by atoms with van der Waals surface area (Å²) in [5, 5.41) is 9.09. The van der Waals surface area contributed by atoms with Crippen LogP contribution in [-0.4, -0.2) is 28.6 Å². The van der Waals surface area contributed by atoms with Gasteiger partial charge in [-0.3, -0.25) is 9.69 Å². The van der Waals surface area contributed by atoms with Crippen LogP contribution in [0.5, 0.6) is 0 Å². The summed E-state index contributed by atoms with van der Waals surface area (Å²) < 4.78 is 0. The van der Waals surface area contributed by atoms with Gasteiger partial charge in [-0.1, -0.05) is 30.7 Å². The van der Waals surface area contributed by atoms with E-state index in [-0.39, 0.29) is 6.04 Å². The largest absolute Gasteiger partial charge is 0.481 e. The Morgan fingerprint density at radius 1 is 1.26 bits per heavy atom. The SMILES string of the molecule is O=C(O)CC1CCCCN1C1CCc2ccccc21. The predicted molar refractivity (Wildman–Crippen MR) is 74.1 cm³/mol. The van der Waals surface area contributed by atoms with Crippen molar-refractivity contribution in [2.75, 3.05) is 6.54 Å². The number of carboxylic acids is 1. The number of piperidine rings is 1. The summed E-state index contributed by atoms with van der Waals surface area (Å²) in [7, 11) is 0. The fourth-order valence-electron chi connectivity index (χ4n) is 3.73. The van der Waals surface area contributed by atoms with Gasteiger partial charge >= 0.3 is 5.97 Å². The predicted octanol–water partition coefficient (Wildman–Crippen LogP) is 3.00. The van der Waals surface area contributed by atoms with E-state index in [2.05, 4.69) is 29.2 Å². The molecule has 1 aliphatic carbocycles. The number of hydrogen-bond acceptors (Lipinski definition) is 2. The first kappa shape index (κ1) is 12.7. The molecular formula is C16H21NO2. The highest BCUT2D eigenvalue weighted by molar-refractivity contribution is 5.67. The fourth-order valence-corrected chi connectivity index (χ4v) is 3.73. The van der Waals surface area contributed by atoms with Gasteiger partial charge in [0, 0.05) is 12.1 Å². The van der Waals surface area contributed by atoms with Crippen LogP contribution in [0, 0.1) is 0 Å². The number of aliphatic carboxylic acids is 1. The van der Waals surface area contributed by atoms with Crippen molar-refractivity contribution < 1.29 is 9.90 Å². The molecule has 102 valence electrons. The third-order valence-electron chi connectivity index (χ3n) is 4.58. The second kappa shape index (κ2) is 5.33. The van der Waals surface area contributed by atoms with Crippen molar-refractivity contribution in [1.29, 1.82) is 0 Å². The van der Waals surface area contributed by atoms with Crippen molar-refractivity contribution in [2.45, 2.75) is 50.6 Å². The van der Waals surface area contributed by atoms with E-state index < -0.39 is 5.97 Å². The van der Waals surface area contributed by atoms with Crippen molar-refractivity contribution in [2.24, 2.45) is 0 Å². The molecule has 19 heavy (non-hydrogen) atoms. The smallest absolute Gasteiger partial charge is 0.304 e. The molecule has 1 aromatic carbocycles. The van der Waals surface area contributed by atoms with Gasteiger partial charge in [0.25, 0.3) is 0 Å². The average Bonchev–Trinajstić information content (AvgIpc) is 2.82. The van der Waals surface area contributed by atoms with E-state index >= 15 is 0 Å². The minimum Gasteiger partial charge on any atom is -0.481 e. The Kier molecular flexibility index (Phi) is 3.56. The van der Waals surface area contributed by atoms with Crippen LogP contribution in [0.1, 0.15) is 49.3 Å². The van der Waals surface area contributed by atoms with Gasteiger partial charge < -0.3 is 5.11 Å². The number of fused-ring (bicyclic) bond motifs is 1.